The van der Waals surface area contributed by atoms with Crippen molar-refractivity contribution in [2.24, 2.45) is 0 Å². The molecular weight excluding hydrogens is 653 g/mol. The number of fused-ring (bicyclic) bond motifs is 6. The zero-order valence-electron chi connectivity index (χ0n) is 30.2. The van der Waals surface area contributed by atoms with Gasteiger partial charge >= 0.3 is 0 Å². The zero-order chi connectivity index (χ0) is 36.0. The second-order valence-electron chi connectivity index (χ2n) is 15.3. The quantitative estimate of drug-likeness (QED) is 0.179. The van der Waals surface area contributed by atoms with Gasteiger partial charge in [-0.2, -0.15) is 0 Å². The van der Waals surface area contributed by atoms with Gasteiger partial charge in [-0.3, -0.25) is 0 Å². The fraction of sp³-hybridized carbons (Fsp3) is 0.0566. The summed E-state index contributed by atoms with van der Waals surface area (Å²) in [6, 6.07) is 66.7. The van der Waals surface area contributed by atoms with Gasteiger partial charge in [-0.15, -0.1) is 0 Å². The van der Waals surface area contributed by atoms with E-state index < -0.39 is 0 Å². The zero-order valence-corrected chi connectivity index (χ0v) is 30.2. The molecule has 11 rings (SSSR count). The van der Waals surface area contributed by atoms with E-state index in [-0.39, 0.29) is 5.41 Å². The van der Waals surface area contributed by atoms with Gasteiger partial charge in [-0.1, -0.05) is 141 Å². The number of hydrogen-bond acceptors (Lipinski definition) is 1. The molecule has 0 amide bonds. The molecule has 1 nitrogen and oxygen atoms in total. The van der Waals surface area contributed by atoms with Crippen molar-refractivity contribution in [1.82, 2.24) is 0 Å². The standard InChI is InChI=1S/C53H36O/c1-53(2)48-32-38(20-22-43(48)46-29-35-16-9-10-17-36(35)31-49(46)53)41-27-39(33-12-5-3-6-13-33)26-40(28-41)37-21-24-50-47(30-37)45-19-11-18-44-42(34-14-7-4-8-15-34)23-25-51(54-50)52(44)45/h3-32H,1-2H3. The molecular formula is C53H36O. The van der Waals surface area contributed by atoms with Crippen LogP contribution in [-0.2, 0) is 5.41 Å². The van der Waals surface area contributed by atoms with Crippen LogP contribution in [0.25, 0.3) is 88.3 Å². The molecule has 1 aliphatic carbocycles. The first kappa shape index (κ1) is 30.9. The molecule has 254 valence electrons. The second-order valence-corrected chi connectivity index (χ2v) is 15.3. The molecule has 0 atom stereocenters. The molecule has 2 aliphatic rings. The van der Waals surface area contributed by atoms with E-state index >= 15 is 0 Å². The Morgan fingerprint density at radius 3 is 1.69 bits per heavy atom. The molecule has 0 radical (unpaired) electrons. The van der Waals surface area contributed by atoms with Crippen LogP contribution in [0.2, 0.25) is 0 Å². The molecule has 0 spiro atoms. The summed E-state index contributed by atoms with van der Waals surface area (Å²) in [4.78, 5) is 0. The van der Waals surface area contributed by atoms with Crippen molar-refractivity contribution < 1.29 is 4.74 Å². The summed E-state index contributed by atoms with van der Waals surface area (Å²) < 4.78 is 6.63. The van der Waals surface area contributed by atoms with Crippen molar-refractivity contribution in [3.05, 3.63) is 193 Å². The van der Waals surface area contributed by atoms with Crippen molar-refractivity contribution in [2.75, 3.05) is 0 Å². The molecule has 0 bridgehead atoms. The summed E-state index contributed by atoms with van der Waals surface area (Å²) in [5.41, 5.74) is 17.3. The monoisotopic (exact) mass is 688 g/mol. The highest BCUT2D eigenvalue weighted by molar-refractivity contribution is 6.10. The van der Waals surface area contributed by atoms with Gasteiger partial charge in [0, 0.05) is 16.4 Å². The van der Waals surface area contributed by atoms with E-state index in [2.05, 4.69) is 196 Å². The van der Waals surface area contributed by atoms with E-state index in [9.17, 15) is 0 Å². The Labute approximate surface area is 315 Å². The lowest BCUT2D eigenvalue weighted by molar-refractivity contribution is 0.487. The fourth-order valence-electron chi connectivity index (χ4n) is 9.04. The molecule has 0 aromatic heterocycles. The van der Waals surface area contributed by atoms with Gasteiger partial charge in [0.05, 0.1) is 0 Å². The number of rotatable bonds is 4. The van der Waals surface area contributed by atoms with Crippen LogP contribution in [-0.4, -0.2) is 0 Å². The summed E-state index contributed by atoms with van der Waals surface area (Å²) >= 11 is 0. The first-order chi connectivity index (χ1) is 26.5. The maximum atomic E-state index is 6.63. The first-order valence-electron chi connectivity index (χ1n) is 18.8. The predicted molar refractivity (Wildman–Crippen MR) is 226 cm³/mol. The first-order valence-corrected chi connectivity index (χ1v) is 18.8. The van der Waals surface area contributed by atoms with Gasteiger partial charge in [0.25, 0.3) is 0 Å². The van der Waals surface area contributed by atoms with Gasteiger partial charge in [0.1, 0.15) is 11.5 Å². The third-order valence-electron chi connectivity index (χ3n) is 11.8. The molecule has 0 N–H and O–H groups in total. The average Bonchev–Trinajstić information content (AvgIpc) is 3.45. The molecule has 1 aliphatic heterocycles. The van der Waals surface area contributed by atoms with Crippen molar-refractivity contribution in [2.45, 2.75) is 19.3 Å². The highest BCUT2D eigenvalue weighted by atomic mass is 16.5. The number of ether oxygens (including phenoxy) is 1. The van der Waals surface area contributed by atoms with E-state index in [1.807, 2.05) is 0 Å². The van der Waals surface area contributed by atoms with Crippen molar-refractivity contribution >= 4 is 21.5 Å². The van der Waals surface area contributed by atoms with E-state index in [0.29, 0.717) is 0 Å². The van der Waals surface area contributed by atoms with E-state index in [0.717, 1.165) is 28.0 Å². The molecule has 0 saturated heterocycles. The highest BCUT2D eigenvalue weighted by Gasteiger charge is 2.36. The minimum Gasteiger partial charge on any atom is -0.456 e. The van der Waals surface area contributed by atoms with Crippen molar-refractivity contribution in [3.8, 4) is 78.3 Å². The summed E-state index contributed by atoms with van der Waals surface area (Å²) in [6.45, 7) is 4.75. The molecule has 0 unspecified atom stereocenters. The average molecular weight is 689 g/mol. The second kappa shape index (κ2) is 11.7. The number of hydrogen-bond donors (Lipinski definition) is 0. The van der Waals surface area contributed by atoms with Crippen LogP contribution in [0.15, 0.2) is 182 Å². The summed E-state index contributed by atoms with van der Waals surface area (Å²) in [6.07, 6.45) is 0. The molecule has 54 heavy (non-hydrogen) atoms. The van der Waals surface area contributed by atoms with Crippen LogP contribution in [0.1, 0.15) is 25.0 Å². The normalized spacial score (nSPS) is 13.3. The Balaban J connectivity index is 1.06. The summed E-state index contributed by atoms with van der Waals surface area (Å²) in [5.74, 6) is 1.79. The third kappa shape index (κ3) is 4.72. The van der Waals surface area contributed by atoms with Crippen molar-refractivity contribution in [1.29, 1.82) is 0 Å². The van der Waals surface area contributed by atoms with Crippen molar-refractivity contribution in [3.63, 3.8) is 0 Å². The van der Waals surface area contributed by atoms with Gasteiger partial charge in [-0.25, -0.2) is 0 Å². The fourth-order valence-corrected chi connectivity index (χ4v) is 9.04. The van der Waals surface area contributed by atoms with E-state index in [4.69, 9.17) is 4.74 Å². The van der Waals surface area contributed by atoms with Crippen LogP contribution in [0, 0.1) is 0 Å². The summed E-state index contributed by atoms with van der Waals surface area (Å²) in [7, 11) is 0. The lowest BCUT2D eigenvalue weighted by atomic mass is 9.81. The SMILES string of the molecule is CC1(C)c2cc(-c3cc(-c4ccccc4)cc(-c4ccc5c(c4)-c4cccc6c(-c7ccccc7)ccc(c46)O5)c3)ccc2-c2cc3ccccc3cc21. The Hall–Kier alpha value is -6.70. The van der Waals surface area contributed by atoms with E-state index in [1.165, 1.54) is 82.9 Å². The van der Waals surface area contributed by atoms with Crippen LogP contribution >= 0.6 is 0 Å². The summed E-state index contributed by atoms with van der Waals surface area (Å²) in [5, 5.41) is 4.95. The Morgan fingerprint density at radius 1 is 0.333 bits per heavy atom. The minimum atomic E-state index is -0.110. The maximum Gasteiger partial charge on any atom is 0.135 e. The topological polar surface area (TPSA) is 9.23 Å². The lowest BCUT2D eigenvalue weighted by Gasteiger charge is -2.23. The third-order valence-corrected chi connectivity index (χ3v) is 11.8. The van der Waals surface area contributed by atoms with Crippen LogP contribution in [0.3, 0.4) is 0 Å². The van der Waals surface area contributed by atoms with E-state index in [1.54, 1.807) is 0 Å². The molecule has 1 heterocycles. The number of benzene rings is 9. The van der Waals surface area contributed by atoms with Crippen LogP contribution in [0.5, 0.6) is 11.5 Å². The molecule has 9 aromatic carbocycles. The largest absolute Gasteiger partial charge is 0.456 e. The van der Waals surface area contributed by atoms with Crippen LogP contribution < -0.4 is 4.74 Å². The van der Waals surface area contributed by atoms with Gasteiger partial charge in [-0.05, 0) is 143 Å². The Kier molecular flexibility index (Phi) is 6.66. The molecule has 0 fully saturated rings. The van der Waals surface area contributed by atoms with Crippen LogP contribution in [0.4, 0.5) is 0 Å². The Bertz CT molecular complexity index is 2970. The highest BCUT2D eigenvalue weighted by Crippen LogP contribution is 2.52. The molecule has 0 saturated carbocycles. The minimum absolute atomic E-state index is 0.110. The van der Waals surface area contributed by atoms with Gasteiger partial charge < -0.3 is 4.74 Å². The lowest BCUT2D eigenvalue weighted by Crippen LogP contribution is -2.15. The predicted octanol–water partition coefficient (Wildman–Crippen LogP) is 14.7. The smallest absolute Gasteiger partial charge is 0.135 e. The van der Waals surface area contributed by atoms with Gasteiger partial charge in [0.15, 0.2) is 0 Å². The molecule has 9 aromatic rings. The van der Waals surface area contributed by atoms with Gasteiger partial charge in [0.2, 0.25) is 0 Å². The molecule has 1 heteroatoms. The Morgan fingerprint density at radius 2 is 0.926 bits per heavy atom. The maximum absolute atomic E-state index is 6.63.